The van der Waals surface area contributed by atoms with Crippen LogP contribution in [-0.2, 0) is 9.53 Å². The van der Waals surface area contributed by atoms with Crippen LogP contribution in [0.3, 0.4) is 0 Å². The number of aromatic nitrogens is 1. The number of aliphatic carboxylic acids is 1. The monoisotopic (exact) mass is 269 g/mol. The Morgan fingerprint density at radius 2 is 2.32 bits per heavy atom. The maximum absolute atomic E-state index is 10.8. The first-order valence-corrected chi connectivity index (χ1v) is 5.52. The predicted octanol–water partition coefficient (Wildman–Crippen LogP) is 0.836. The van der Waals surface area contributed by atoms with E-state index in [1.807, 2.05) is 0 Å². The topological polar surface area (TPSA) is 106 Å². The fourth-order valence-electron chi connectivity index (χ4n) is 1.61. The fourth-order valence-corrected chi connectivity index (χ4v) is 1.61. The average molecular weight is 269 g/mol. The van der Waals surface area contributed by atoms with E-state index in [-0.39, 0.29) is 12.2 Å². The van der Waals surface area contributed by atoms with Crippen LogP contribution in [-0.4, -0.2) is 47.8 Å². The molecule has 0 aromatic carbocycles. The minimum absolute atomic E-state index is 0.122. The number of rotatable bonds is 7. The molecule has 19 heavy (non-hydrogen) atoms. The third-order valence-corrected chi connectivity index (χ3v) is 2.44. The number of anilines is 1. The minimum Gasteiger partial charge on any atom is -0.480 e. The summed E-state index contributed by atoms with van der Waals surface area (Å²) in [4.78, 5) is 26.4. The van der Waals surface area contributed by atoms with E-state index >= 15 is 0 Å². The highest BCUT2D eigenvalue weighted by atomic mass is 16.6. The fraction of sp³-hybridized carbons (Fsp3) is 0.455. The van der Waals surface area contributed by atoms with Crippen molar-refractivity contribution in [2.75, 3.05) is 31.7 Å². The van der Waals surface area contributed by atoms with Gasteiger partial charge in [0.05, 0.1) is 11.5 Å². The highest BCUT2D eigenvalue weighted by Gasteiger charge is 2.17. The van der Waals surface area contributed by atoms with Crippen molar-refractivity contribution in [3.8, 4) is 0 Å². The number of ether oxygens (including phenoxy) is 1. The van der Waals surface area contributed by atoms with Crippen LogP contribution in [0.2, 0.25) is 0 Å². The Morgan fingerprint density at radius 3 is 2.79 bits per heavy atom. The lowest BCUT2D eigenvalue weighted by Crippen LogP contribution is -2.33. The Bertz CT molecular complexity index is 477. The van der Waals surface area contributed by atoms with Crippen molar-refractivity contribution in [1.82, 2.24) is 4.98 Å². The van der Waals surface area contributed by atoms with Crippen LogP contribution in [0.1, 0.15) is 5.56 Å². The summed E-state index contributed by atoms with van der Waals surface area (Å²) in [6.07, 6.45) is 1.12. The highest BCUT2D eigenvalue weighted by molar-refractivity contribution is 5.73. The van der Waals surface area contributed by atoms with Gasteiger partial charge in [-0.25, -0.2) is 4.98 Å². The maximum Gasteiger partial charge on any atom is 0.323 e. The van der Waals surface area contributed by atoms with Crippen molar-refractivity contribution in [1.29, 1.82) is 0 Å². The first kappa shape index (κ1) is 14.8. The average Bonchev–Trinajstić information content (AvgIpc) is 2.34. The molecule has 1 heterocycles. The van der Waals surface area contributed by atoms with Gasteiger partial charge in [-0.15, -0.1) is 0 Å². The van der Waals surface area contributed by atoms with Gasteiger partial charge in [0, 0.05) is 19.7 Å². The van der Waals surface area contributed by atoms with Crippen LogP contribution < -0.4 is 4.90 Å². The van der Waals surface area contributed by atoms with Crippen molar-refractivity contribution in [3.05, 3.63) is 27.9 Å². The second kappa shape index (κ2) is 6.64. The molecule has 0 saturated carbocycles. The first-order valence-electron chi connectivity index (χ1n) is 5.52. The van der Waals surface area contributed by atoms with Crippen molar-refractivity contribution in [2.24, 2.45) is 0 Å². The molecule has 1 rings (SSSR count). The lowest BCUT2D eigenvalue weighted by Gasteiger charge is -2.22. The molecule has 1 aromatic heterocycles. The summed E-state index contributed by atoms with van der Waals surface area (Å²) in [7, 11) is 1.51. The number of methoxy groups -OCH3 is 1. The van der Waals surface area contributed by atoms with Crippen molar-refractivity contribution >= 4 is 17.5 Å². The number of aryl methyl sites for hydroxylation is 1. The third-order valence-electron chi connectivity index (χ3n) is 2.44. The number of hydrogen-bond acceptors (Lipinski definition) is 6. The molecular weight excluding hydrogens is 254 g/mol. The number of carbonyl (C=O) groups is 1. The normalized spacial score (nSPS) is 10.2. The molecule has 1 N–H and O–H groups in total. The van der Waals surface area contributed by atoms with Crippen LogP contribution in [0, 0.1) is 17.0 Å². The van der Waals surface area contributed by atoms with Crippen molar-refractivity contribution in [3.63, 3.8) is 0 Å². The molecule has 8 nitrogen and oxygen atoms in total. The molecule has 8 heteroatoms. The minimum atomic E-state index is -1.00. The van der Waals surface area contributed by atoms with Gasteiger partial charge < -0.3 is 14.7 Å². The predicted molar refractivity (Wildman–Crippen MR) is 67.4 cm³/mol. The van der Waals surface area contributed by atoms with Gasteiger partial charge in [0.1, 0.15) is 18.6 Å². The number of nitrogens with zero attached hydrogens (tertiary/aromatic N) is 3. The largest absolute Gasteiger partial charge is 0.480 e. The number of hydrogen-bond donors (Lipinski definition) is 1. The standard InChI is InChI=1S/C11H15N3O5/c1-8-5-9(14(17)18)6-12-11(8)13(3-4-19-2)7-10(15)16/h5-6H,3-4,7H2,1-2H3,(H,15,16). The molecule has 0 fully saturated rings. The zero-order valence-electron chi connectivity index (χ0n) is 10.7. The molecule has 0 aliphatic rings. The zero-order valence-corrected chi connectivity index (χ0v) is 10.7. The number of carboxylic acids is 1. The van der Waals surface area contributed by atoms with E-state index in [9.17, 15) is 14.9 Å². The Hall–Kier alpha value is -2.22. The van der Waals surface area contributed by atoms with Gasteiger partial charge in [0.2, 0.25) is 0 Å². The summed E-state index contributed by atoms with van der Waals surface area (Å²) in [5.74, 6) is -0.597. The van der Waals surface area contributed by atoms with Gasteiger partial charge in [0.15, 0.2) is 0 Å². The SMILES string of the molecule is COCCN(CC(=O)O)c1ncc([N+](=O)[O-])cc1C. The van der Waals surface area contributed by atoms with E-state index < -0.39 is 10.9 Å². The Balaban J connectivity index is 3.00. The molecular formula is C11H15N3O5. The van der Waals surface area contributed by atoms with Gasteiger partial charge >= 0.3 is 5.97 Å². The summed E-state index contributed by atoms with van der Waals surface area (Å²) in [5.41, 5.74) is 0.426. The van der Waals surface area contributed by atoms with E-state index in [0.717, 1.165) is 6.20 Å². The van der Waals surface area contributed by atoms with E-state index in [1.54, 1.807) is 6.92 Å². The van der Waals surface area contributed by atoms with Gasteiger partial charge in [-0.05, 0) is 12.5 Å². The van der Waals surface area contributed by atoms with E-state index in [4.69, 9.17) is 9.84 Å². The van der Waals surface area contributed by atoms with Crippen LogP contribution in [0.5, 0.6) is 0 Å². The molecule has 0 amide bonds. The van der Waals surface area contributed by atoms with Gasteiger partial charge in [-0.1, -0.05) is 0 Å². The molecule has 104 valence electrons. The van der Waals surface area contributed by atoms with Crippen LogP contribution in [0.15, 0.2) is 12.3 Å². The van der Waals surface area contributed by atoms with Gasteiger partial charge in [-0.2, -0.15) is 0 Å². The second-order valence-electron chi connectivity index (χ2n) is 3.90. The molecule has 1 aromatic rings. The molecule has 0 aliphatic carbocycles. The van der Waals surface area contributed by atoms with Crippen molar-refractivity contribution in [2.45, 2.75) is 6.92 Å². The zero-order chi connectivity index (χ0) is 14.4. The molecule has 0 bridgehead atoms. The number of nitro groups is 1. The summed E-state index contributed by atoms with van der Waals surface area (Å²) in [6.45, 7) is 2.09. The molecule has 0 aliphatic heterocycles. The molecule has 0 atom stereocenters. The molecule has 0 radical (unpaired) electrons. The summed E-state index contributed by atoms with van der Waals surface area (Å²) in [6, 6.07) is 1.37. The van der Waals surface area contributed by atoms with Crippen LogP contribution in [0.25, 0.3) is 0 Å². The summed E-state index contributed by atoms with van der Waals surface area (Å²) < 4.78 is 4.91. The smallest absolute Gasteiger partial charge is 0.323 e. The molecule has 0 saturated heterocycles. The van der Waals surface area contributed by atoms with Gasteiger partial charge in [0.25, 0.3) is 5.69 Å². The quantitative estimate of drug-likeness (QED) is 0.577. The van der Waals surface area contributed by atoms with Crippen LogP contribution >= 0.6 is 0 Å². The lowest BCUT2D eigenvalue weighted by molar-refractivity contribution is -0.385. The van der Waals surface area contributed by atoms with Gasteiger partial charge in [-0.3, -0.25) is 14.9 Å². The molecule has 0 unspecified atom stereocenters. The van der Waals surface area contributed by atoms with E-state index in [1.165, 1.54) is 18.1 Å². The number of carboxylic acid groups (broad SMARTS) is 1. The van der Waals surface area contributed by atoms with E-state index in [0.29, 0.717) is 24.5 Å². The first-order chi connectivity index (χ1) is 8.95. The Kier molecular flexibility index (Phi) is 5.19. The Morgan fingerprint density at radius 1 is 1.63 bits per heavy atom. The summed E-state index contributed by atoms with van der Waals surface area (Å²) in [5, 5.41) is 19.5. The lowest BCUT2D eigenvalue weighted by atomic mass is 10.2. The van der Waals surface area contributed by atoms with Crippen molar-refractivity contribution < 1.29 is 19.6 Å². The third kappa shape index (κ3) is 4.18. The second-order valence-corrected chi connectivity index (χ2v) is 3.90. The summed E-state index contributed by atoms with van der Waals surface area (Å²) >= 11 is 0. The van der Waals surface area contributed by atoms with Crippen LogP contribution in [0.4, 0.5) is 11.5 Å². The molecule has 0 spiro atoms. The maximum atomic E-state index is 10.8. The number of pyridine rings is 1. The Labute approximate surface area is 109 Å². The highest BCUT2D eigenvalue weighted by Crippen LogP contribution is 2.21. The van der Waals surface area contributed by atoms with E-state index in [2.05, 4.69) is 4.98 Å².